The molecule has 0 amide bonds. The summed E-state index contributed by atoms with van der Waals surface area (Å²) in [5.41, 5.74) is 2.36. The minimum absolute atomic E-state index is 0.00997. The van der Waals surface area contributed by atoms with Crippen LogP contribution in [0.2, 0.25) is 0 Å². The third-order valence-corrected chi connectivity index (χ3v) is 2.49. The van der Waals surface area contributed by atoms with Crippen molar-refractivity contribution in [1.29, 1.82) is 5.26 Å². The van der Waals surface area contributed by atoms with Crippen LogP contribution in [0, 0.1) is 25.3 Å². The second kappa shape index (κ2) is 6.54. The van der Waals surface area contributed by atoms with Gasteiger partial charge in [0.2, 0.25) is 0 Å². The predicted molar refractivity (Wildman–Crippen MR) is 68.1 cm³/mol. The summed E-state index contributed by atoms with van der Waals surface area (Å²) in [5, 5.41) is 10.6. The monoisotopic (exact) mass is 231 g/mol. The first-order valence-corrected chi connectivity index (χ1v) is 5.50. The summed E-state index contributed by atoms with van der Waals surface area (Å²) in [6, 6.07) is 5.99. The van der Waals surface area contributed by atoms with Crippen LogP contribution in [0.25, 0.3) is 0 Å². The molecule has 0 heterocycles. The number of hydrogen-bond acceptors (Lipinski definition) is 3. The van der Waals surface area contributed by atoms with E-state index in [0.717, 1.165) is 11.3 Å². The minimum Gasteiger partial charge on any atom is -0.491 e. The van der Waals surface area contributed by atoms with Gasteiger partial charge in [-0.1, -0.05) is 12.1 Å². The zero-order chi connectivity index (χ0) is 12.7. The number of nitriles is 1. The molecule has 90 valence electrons. The lowest BCUT2D eigenvalue weighted by Crippen LogP contribution is -2.14. The summed E-state index contributed by atoms with van der Waals surface area (Å²) >= 11 is 0. The minimum atomic E-state index is 0.00997. The first-order chi connectivity index (χ1) is 8.15. The number of nitrogens with zero attached hydrogens (tertiary/aromatic N) is 2. The molecule has 0 aromatic heterocycles. The summed E-state index contributed by atoms with van der Waals surface area (Å²) in [7, 11) is 0. The van der Waals surface area contributed by atoms with Gasteiger partial charge in [-0.05, 0) is 38.0 Å². The van der Waals surface area contributed by atoms with E-state index >= 15 is 0 Å². The quantitative estimate of drug-likeness (QED) is 0.365. The Morgan fingerprint density at radius 2 is 2.29 bits per heavy atom. The molecule has 0 spiro atoms. The lowest BCUT2D eigenvalue weighted by Gasteiger charge is -2.12. The highest BCUT2D eigenvalue weighted by Gasteiger charge is 2.04. The molecular weight excluding hydrogens is 214 g/mol. The van der Waals surface area contributed by atoms with Crippen molar-refractivity contribution in [3.63, 3.8) is 0 Å². The van der Waals surface area contributed by atoms with E-state index in [-0.39, 0.29) is 6.04 Å². The zero-order valence-electron chi connectivity index (χ0n) is 10.4. The maximum Gasteiger partial charge on any atom is 0.182 e. The second-order valence-electron chi connectivity index (χ2n) is 3.89. The largest absolute Gasteiger partial charge is 0.491 e. The lowest BCUT2D eigenvalue weighted by molar-refractivity contribution is 0.295. The molecule has 17 heavy (non-hydrogen) atoms. The zero-order valence-corrected chi connectivity index (χ0v) is 10.4. The molecule has 1 rings (SSSR count). The fraction of sp³-hybridized carbons (Fsp3) is 0.385. The summed E-state index contributed by atoms with van der Waals surface area (Å²) in [6.07, 6.45) is 3.16. The van der Waals surface area contributed by atoms with Crippen molar-refractivity contribution < 1.29 is 4.74 Å². The maximum atomic E-state index is 8.27. The Bertz CT molecular complexity index is 435. The van der Waals surface area contributed by atoms with Crippen molar-refractivity contribution >= 4 is 6.34 Å². The van der Waals surface area contributed by atoms with Crippen LogP contribution >= 0.6 is 0 Å². The van der Waals surface area contributed by atoms with Crippen molar-refractivity contribution in [2.24, 2.45) is 4.99 Å². The average Bonchev–Trinajstić information content (AvgIpc) is 2.31. The highest BCUT2D eigenvalue weighted by molar-refractivity contribution is 5.56. The Hall–Kier alpha value is -2.02. The molecular formula is C13H17N3O. The second-order valence-corrected chi connectivity index (χ2v) is 3.89. The van der Waals surface area contributed by atoms with Crippen molar-refractivity contribution in [3.05, 3.63) is 29.3 Å². The first kappa shape index (κ1) is 13.0. The van der Waals surface area contributed by atoms with E-state index in [4.69, 9.17) is 10.00 Å². The summed E-state index contributed by atoms with van der Waals surface area (Å²) in [4.78, 5) is 4.10. The molecule has 0 aliphatic carbocycles. The molecule has 1 atom stereocenters. The van der Waals surface area contributed by atoms with E-state index in [9.17, 15) is 0 Å². The van der Waals surface area contributed by atoms with Crippen molar-refractivity contribution in [3.8, 4) is 11.9 Å². The summed E-state index contributed by atoms with van der Waals surface area (Å²) in [5.74, 6) is 0.889. The van der Waals surface area contributed by atoms with Gasteiger partial charge in [0.05, 0.1) is 12.4 Å². The predicted octanol–water partition coefficient (Wildman–Crippen LogP) is 2.17. The number of aryl methyl sites for hydroxylation is 1. The Morgan fingerprint density at radius 3 is 3.00 bits per heavy atom. The van der Waals surface area contributed by atoms with Gasteiger partial charge >= 0.3 is 0 Å². The molecule has 1 aromatic rings. The van der Waals surface area contributed by atoms with E-state index in [2.05, 4.69) is 23.3 Å². The number of benzene rings is 1. The van der Waals surface area contributed by atoms with Crippen LogP contribution in [0.3, 0.4) is 0 Å². The van der Waals surface area contributed by atoms with Crippen molar-refractivity contribution in [2.45, 2.75) is 26.8 Å². The molecule has 0 bridgehead atoms. The smallest absolute Gasteiger partial charge is 0.182 e. The van der Waals surface area contributed by atoms with Gasteiger partial charge in [0.15, 0.2) is 6.19 Å². The van der Waals surface area contributed by atoms with Gasteiger partial charge in [-0.15, -0.1) is 0 Å². The number of nitrogens with one attached hydrogen (secondary N) is 1. The van der Waals surface area contributed by atoms with E-state index in [1.807, 2.05) is 26.0 Å². The van der Waals surface area contributed by atoms with Gasteiger partial charge in [-0.2, -0.15) is 5.26 Å². The molecule has 0 aliphatic heterocycles. The molecule has 1 aromatic carbocycles. The highest BCUT2D eigenvalue weighted by atomic mass is 16.5. The van der Waals surface area contributed by atoms with E-state index in [0.29, 0.717) is 6.61 Å². The first-order valence-electron chi connectivity index (χ1n) is 5.50. The van der Waals surface area contributed by atoms with E-state index < -0.39 is 0 Å². The third kappa shape index (κ3) is 4.15. The molecule has 0 fully saturated rings. The Kier molecular flexibility index (Phi) is 5.02. The van der Waals surface area contributed by atoms with Gasteiger partial charge < -0.3 is 4.74 Å². The summed E-state index contributed by atoms with van der Waals surface area (Å²) in [6.45, 7) is 6.52. The molecule has 0 saturated heterocycles. The van der Waals surface area contributed by atoms with Crippen LogP contribution in [-0.4, -0.2) is 19.0 Å². The highest BCUT2D eigenvalue weighted by Crippen LogP contribution is 2.20. The SMILES string of the molecule is Cc1cccc(OC[C@H](C)N=CNC#N)c1C. The summed E-state index contributed by atoms with van der Waals surface area (Å²) < 4.78 is 5.69. The molecule has 4 heteroatoms. The number of ether oxygens (including phenoxy) is 1. The van der Waals surface area contributed by atoms with Crippen LogP contribution in [-0.2, 0) is 0 Å². The Balaban J connectivity index is 2.51. The van der Waals surface area contributed by atoms with Gasteiger partial charge in [0, 0.05) is 0 Å². The number of rotatable bonds is 5. The molecule has 0 unspecified atom stereocenters. The normalized spacial score (nSPS) is 12.1. The fourth-order valence-electron chi connectivity index (χ4n) is 1.33. The van der Waals surface area contributed by atoms with Crippen LogP contribution in [0.1, 0.15) is 18.1 Å². The fourth-order valence-corrected chi connectivity index (χ4v) is 1.33. The standard InChI is InChI=1S/C13H17N3O/c1-10-5-4-6-13(12(10)3)17-7-11(2)16-9-15-8-14/h4-6,9,11H,7H2,1-3H3,(H,15,16)/t11-/m0/s1. The van der Waals surface area contributed by atoms with E-state index in [1.54, 1.807) is 6.19 Å². The van der Waals surface area contributed by atoms with Gasteiger partial charge in [0.1, 0.15) is 12.4 Å². The van der Waals surface area contributed by atoms with Gasteiger partial charge in [-0.3, -0.25) is 10.3 Å². The topological polar surface area (TPSA) is 57.4 Å². The van der Waals surface area contributed by atoms with Gasteiger partial charge in [-0.25, -0.2) is 0 Å². The number of aliphatic imine (C=N–C) groups is 1. The van der Waals surface area contributed by atoms with Gasteiger partial charge in [0.25, 0.3) is 0 Å². The van der Waals surface area contributed by atoms with Crippen LogP contribution < -0.4 is 10.1 Å². The number of hydrogen-bond donors (Lipinski definition) is 1. The maximum absolute atomic E-state index is 8.27. The molecule has 1 N–H and O–H groups in total. The van der Waals surface area contributed by atoms with E-state index in [1.165, 1.54) is 11.9 Å². The Morgan fingerprint density at radius 1 is 1.53 bits per heavy atom. The molecule has 4 nitrogen and oxygen atoms in total. The third-order valence-electron chi connectivity index (χ3n) is 2.49. The molecule has 0 radical (unpaired) electrons. The van der Waals surface area contributed by atoms with Crippen LogP contribution in [0.5, 0.6) is 5.75 Å². The van der Waals surface area contributed by atoms with Crippen LogP contribution in [0.4, 0.5) is 0 Å². The molecule has 0 aliphatic rings. The molecule has 0 saturated carbocycles. The average molecular weight is 231 g/mol. The van der Waals surface area contributed by atoms with Crippen LogP contribution in [0.15, 0.2) is 23.2 Å². The lowest BCUT2D eigenvalue weighted by atomic mass is 10.1. The Labute approximate surface area is 102 Å². The van der Waals surface area contributed by atoms with Crippen molar-refractivity contribution in [2.75, 3.05) is 6.61 Å². The van der Waals surface area contributed by atoms with Crippen molar-refractivity contribution in [1.82, 2.24) is 5.32 Å².